The van der Waals surface area contributed by atoms with Gasteiger partial charge in [-0.3, -0.25) is 19.8 Å². The van der Waals surface area contributed by atoms with E-state index in [4.69, 9.17) is 0 Å². The highest BCUT2D eigenvalue weighted by molar-refractivity contribution is 6.14. The predicted molar refractivity (Wildman–Crippen MR) is 58.0 cm³/mol. The molecule has 1 unspecified atom stereocenters. The van der Waals surface area contributed by atoms with Crippen LogP contribution in [0.4, 0.5) is 4.79 Å². The van der Waals surface area contributed by atoms with Crippen molar-refractivity contribution in [1.29, 1.82) is 0 Å². The minimum Gasteiger partial charge on any atom is -0.301 e. The lowest BCUT2D eigenvalue weighted by Crippen LogP contribution is -2.64. The van der Waals surface area contributed by atoms with Gasteiger partial charge in [-0.1, -0.05) is 0 Å². The number of carbonyl (C=O) groups is 3. The number of amides is 4. The molecule has 4 amide bonds. The number of hydrogen-bond acceptors (Lipinski definition) is 4. The summed E-state index contributed by atoms with van der Waals surface area (Å²) in [6.45, 7) is 2.88. The molecule has 4 saturated heterocycles. The Bertz CT molecular complexity index is 367. The summed E-state index contributed by atoms with van der Waals surface area (Å²) < 4.78 is 0. The molecule has 4 aliphatic rings. The first-order valence-electron chi connectivity index (χ1n) is 6.03. The van der Waals surface area contributed by atoms with Gasteiger partial charge in [0.25, 0.3) is 0 Å². The van der Waals surface area contributed by atoms with E-state index in [0.29, 0.717) is 5.92 Å². The van der Waals surface area contributed by atoms with E-state index in [1.54, 1.807) is 0 Å². The Morgan fingerprint density at radius 3 is 2.35 bits per heavy atom. The molecule has 0 radical (unpaired) electrons. The summed E-state index contributed by atoms with van der Waals surface area (Å²) in [4.78, 5) is 38.2. The first kappa shape index (κ1) is 10.7. The number of urea groups is 1. The monoisotopic (exact) mass is 237 g/mol. The van der Waals surface area contributed by atoms with Crippen molar-refractivity contribution in [3.8, 4) is 0 Å². The van der Waals surface area contributed by atoms with Gasteiger partial charge in [-0.15, -0.1) is 0 Å². The van der Waals surface area contributed by atoms with E-state index < -0.39 is 11.9 Å². The van der Waals surface area contributed by atoms with Crippen molar-refractivity contribution < 1.29 is 14.4 Å². The third kappa shape index (κ3) is 1.72. The van der Waals surface area contributed by atoms with Crippen molar-refractivity contribution in [1.82, 2.24) is 15.1 Å². The molecule has 0 aliphatic carbocycles. The van der Waals surface area contributed by atoms with Crippen molar-refractivity contribution in [3.05, 3.63) is 0 Å². The molecule has 0 spiro atoms. The van der Waals surface area contributed by atoms with E-state index in [9.17, 15) is 14.4 Å². The highest BCUT2D eigenvalue weighted by Crippen LogP contribution is 2.31. The normalized spacial score (nSPS) is 37.3. The SMILES string of the molecule is O=C1CC(=O)N(C2CN3CCC2CC3)C(=O)N1. The molecule has 2 bridgehead atoms. The van der Waals surface area contributed by atoms with Crippen molar-refractivity contribution in [2.24, 2.45) is 5.92 Å². The Morgan fingerprint density at radius 2 is 1.82 bits per heavy atom. The van der Waals surface area contributed by atoms with Crippen LogP contribution in [-0.4, -0.2) is 53.3 Å². The van der Waals surface area contributed by atoms with E-state index in [0.717, 1.165) is 32.5 Å². The summed E-state index contributed by atoms with van der Waals surface area (Å²) in [6.07, 6.45) is 1.88. The van der Waals surface area contributed by atoms with Gasteiger partial charge in [0.1, 0.15) is 6.42 Å². The molecule has 6 nitrogen and oxygen atoms in total. The number of piperidine rings is 3. The Morgan fingerprint density at radius 1 is 1.12 bits per heavy atom. The molecule has 4 heterocycles. The van der Waals surface area contributed by atoms with Crippen LogP contribution in [0.2, 0.25) is 0 Å². The van der Waals surface area contributed by atoms with E-state index in [1.807, 2.05) is 0 Å². The molecular weight excluding hydrogens is 222 g/mol. The Hall–Kier alpha value is -1.43. The highest BCUT2D eigenvalue weighted by Gasteiger charge is 2.44. The summed E-state index contributed by atoms with van der Waals surface area (Å²) in [5.74, 6) is -0.432. The lowest BCUT2D eigenvalue weighted by molar-refractivity contribution is -0.140. The second-order valence-electron chi connectivity index (χ2n) is 5.00. The number of imide groups is 2. The van der Waals surface area contributed by atoms with Crippen LogP contribution in [-0.2, 0) is 9.59 Å². The summed E-state index contributed by atoms with van der Waals surface area (Å²) in [6, 6.07) is -0.580. The molecule has 4 rings (SSSR count). The zero-order valence-corrected chi connectivity index (χ0v) is 9.52. The van der Waals surface area contributed by atoms with Gasteiger partial charge >= 0.3 is 6.03 Å². The number of nitrogens with one attached hydrogen (secondary N) is 1. The van der Waals surface area contributed by atoms with Gasteiger partial charge in [-0.25, -0.2) is 4.79 Å². The number of nitrogens with zero attached hydrogens (tertiary/aromatic N) is 2. The van der Waals surface area contributed by atoms with Crippen molar-refractivity contribution >= 4 is 17.8 Å². The van der Waals surface area contributed by atoms with Crippen LogP contribution >= 0.6 is 0 Å². The minimum absolute atomic E-state index is 0.0434. The molecule has 6 heteroatoms. The first-order chi connectivity index (χ1) is 8.15. The second kappa shape index (κ2) is 3.80. The minimum atomic E-state index is -0.537. The molecule has 0 aromatic carbocycles. The molecule has 92 valence electrons. The fourth-order valence-corrected chi connectivity index (χ4v) is 3.12. The number of hydrogen-bond donors (Lipinski definition) is 1. The highest BCUT2D eigenvalue weighted by atomic mass is 16.2. The van der Waals surface area contributed by atoms with Crippen LogP contribution in [0.15, 0.2) is 0 Å². The van der Waals surface area contributed by atoms with Crippen molar-refractivity contribution in [2.45, 2.75) is 25.3 Å². The number of rotatable bonds is 1. The third-order valence-electron chi connectivity index (χ3n) is 4.00. The lowest BCUT2D eigenvalue weighted by atomic mass is 9.83. The zero-order chi connectivity index (χ0) is 12.0. The lowest BCUT2D eigenvalue weighted by Gasteiger charge is -2.48. The summed E-state index contributed by atoms with van der Waals surface area (Å²) in [7, 11) is 0. The molecule has 0 aromatic heterocycles. The van der Waals surface area contributed by atoms with E-state index >= 15 is 0 Å². The van der Waals surface area contributed by atoms with E-state index in [-0.39, 0.29) is 18.4 Å². The van der Waals surface area contributed by atoms with Gasteiger partial charge < -0.3 is 4.90 Å². The molecule has 1 N–H and O–H groups in total. The van der Waals surface area contributed by atoms with Gasteiger partial charge in [0.2, 0.25) is 11.8 Å². The smallest absolute Gasteiger partial charge is 0.301 e. The fourth-order valence-electron chi connectivity index (χ4n) is 3.12. The average Bonchev–Trinajstić information content (AvgIpc) is 2.29. The van der Waals surface area contributed by atoms with Crippen LogP contribution in [0.25, 0.3) is 0 Å². The Labute approximate surface area is 98.9 Å². The predicted octanol–water partition coefficient (Wildman–Crippen LogP) is -0.451. The maximum Gasteiger partial charge on any atom is 0.331 e. The zero-order valence-electron chi connectivity index (χ0n) is 9.52. The van der Waals surface area contributed by atoms with Crippen molar-refractivity contribution in [2.75, 3.05) is 19.6 Å². The third-order valence-corrected chi connectivity index (χ3v) is 4.00. The maximum atomic E-state index is 11.8. The quantitative estimate of drug-likeness (QED) is 0.627. The van der Waals surface area contributed by atoms with Gasteiger partial charge in [0, 0.05) is 6.54 Å². The molecule has 0 aromatic rings. The molecule has 4 fully saturated rings. The average molecular weight is 237 g/mol. The van der Waals surface area contributed by atoms with Crippen LogP contribution in [0, 0.1) is 5.92 Å². The van der Waals surface area contributed by atoms with Crippen LogP contribution < -0.4 is 5.32 Å². The van der Waals surface area contributed by atoms with Crippen LogP contribution in [0.1, 0.15) is 19.3 Å². The summed E-state index contributed by atoms with van der Waals surface area (Å²) in [5, 5.41) is 2.23. The molecule has 0 saturated carbocycles. The maximum absolute atomic E-state index is 11.8. The van der Waals surface area contributed by atoms with Gasteiger partial charge in [0.15, 0.2) is 0 Å². The topological polar surface area (TPSA) is 69.7 Å². The summed E-state index contributed by atoms with van der Waals surface area (Å²) >= 11 is 0. The van der Waals surface area contributed by atoms with Crippen LogP contribution in [0.3, 0.4) is 0 Å². The summed E-state index contributed by atoms with van der Waals surface area (Å²) in [5.41, 5.74) is 0. The molecular formula is C11H15N3O3. The Balaban J connectivity index is 1.81. The molecule has 17 heavy (non-hydrogen) atoms. The van der Waals surface area contributed by atoms with E-state index in [2.05, 4.69) is 10.2 Å². The van der Waals surface area contributed by atoms with Gasteiger partial charge in [0.05, 0.1) is 6.04 Å². The molecule has 4 aliphatic heterocycles. The first-order valence-corrected chi connectivity index (χ1v) is 6.03. The number of fused-ring (bicyclic) bond motifs is 3. The standard InChI is InChI=1S/C11H15N3O3/c15-9-5-10(16)14(11(17)12-9)8-6-13-3-1-7(8)2-4-13/h7-8H,1-6H2,(H,12,15,17). The van der Waals surface area contributed by atoms with Gasteiger partial charge in [-0.2, -0.15) is 0 Å². The van der Waals surface area contributed by atoms with Crippen LogP contribution in [0.5, 0.6) is 0 Å². The number of carbonyl (C=O) groups excluding carboxylic acids is 3. The van der Waals surface area contributed by atoms with Gasteiger partial charge in [-0.05, 0) is 31.8 Å². The largest absolute Gasteiger partial charge is 0.331 e. The van der Waals surface area contributed by atoms with Crippen molar-refractivity contribution in [3.63, 3.8) is 0 Å². The second-order valence-corrected chi connectivity index (χ2v) is 5.00. The van der Waals surface area contributed by atoms with E-state index in [1.165, 1.54) is 4.90 Å². The number of barbiturate groups is 1. The Kier molecular flexibility index (Phi) is 2.39. The molecule has 1 atom stereocenters. The fraction of sp³-hybridized carbons (Fsp3) is 0.727.